The number of hydrogen-bond donors (Lipinski definition) is 3. The zero-order valence-corrected chi connectivity index (χ0v) is 9.01. The lowest BCUT2D eigenvalue weighted by atomic mass is 10.1. The van der Waals surface area contributed by atoms with Gasteiger partial charge in [-0.05, 0) is 48.0 Å². The molecule has 3 nitrogen and oxygen atoms in total. The van der Waals surface area contributed by atoms with Gasteiger partial charge < -0.3 is 15.2 Å². The lowest BCUT2D eigenvalue weighted by Gasteiger charge is -1.97. The molecule has 0 atom stereocenters. The van der Waals surface area contributed by atoms with Crippen LogP contribution in [0.1, 0.15) is 0 Å². The highest BCUT2D eigenvalue weighted by atomic mass is 16.3. The fraction of sp³-hybridized carbons (Fsp3) is 0. The van der Waals surface area contributed by atoms with Crippen molar-refractivity contribution in [2.75, 3.05) is 0 Å². The summed E-state index contributed by atoms with van der Waals surface area (Å²) in [4.78, 5) is 3.23. The van der Waals surface area contributed by atoms with E-state index in [1.165, 1.54) is 0 Å². The summed E-state index contributed by atoms with van der Waals surface area (Å²) in [5, 5.41) is 19.7. The average Bonchev–Trinajstić information content (AvgIpc) is 2.72. The Bertz CT molecular complexity index is 668. The molecular weight excluding hydrogens is 214 g/mol. The van der Waals surface area contributed by atoms with Crippen LogP contribution in [-0.4, -0.2) is 15.2 Å². The third kappa shape index (κ3) is 1.72. The predicted molar refractivity (Wildman–Crippen MR) is 67.1 cm³/mol. The van der Waals surface area contributed by atoms with Gasteiger partial charge >= 0.3 is 0 Å². The van der Waals surface area contributed by atoms with E-state index in [2.05, 4.69) is 4.98 Å². The summed E-state index contributed by atoms with van der Waals surface area (Å²) in [6, 6.07) is 14.2. The van der Waals surface area contributed by atoms with Gasteiger partial charge in [0.1, 0.15) is 11.5 Å². The molecule has 0 spiro atoms. The minimum absolute atomic E-state index is 0.247. The lowest BCUT2D eigenvalue weighted by Crippen LogP contribution is -1.75. The normalized spacial score (nSPS) is 10.8. The van der Waals surface area contributed by atoms with Crippen LogP contribution < -0.4 is 0 Å². The smallest absolute Gasteiger partial charge is 0.117 e. The maximum absolute atomic E-state index is 9.39. The monoisotopic (exact) mass is 225 g/mol. The van der Waals surface area contributed by atoms with Gasteiger partial charge in [0.15, 0.2) is 0 Å². The Balaban J connectivity index is 2.14. The number of hydrogen-bond acceptors (Lipinski definition) is 2. The van der Waals surface area contributed by atoms with Crippen molar-refractivity contribution >= 4 is 10.9 Å². The largest absolute Gasteiger partial charge is 0.508 e. The summed E-state index contributed by atoms with van der Waals surface area (Å²) >= 11 is 0. The van der Waals surface area contributed by atoms with Gasteiger partial charge in [-0.15, -0.1) is 0 Å². The van der Waals surface area contributed by atoms with Gasteiger partial charge in [0.2, 0.25) is 0 Å². The van der Waals surface area contributed by atoms with E-state index in [1.54, 1.807) is 24.3 Å². The molecule has 1 aromatic heterocycles. The number of phenols is 2. The number of aromatic nitrogens is 1. The third-order valence-electron chi connectivity index (χ3n) is 2.78. The molecule has 0 aliphatic heterocycles. The molecule has 0 bridgehead atoms. The van der Waals surface area contributed by atoms with Crippen molar-refractivity contribution in [1.82, 2.24) is 4.98 Å². The van der Waals surface area contributed by atoms with E-state index < -0.39 is 0 Å². The summed E-state index contributed by atoms with van der Waals surface area (Å²) < 4.78 is 0. The first-order valence-electron chi connectivity index (χ1n) is 5.33. The highest BCUT2D eigenvalue weighted by molar-refractivity contribution is 5.86. The van der Waals surface area contributed by atoms with Crippen molar-refractivity contribution in [2.24, 2.45) is 0 Å². The highest BCUT2D eigenvalue weighted by Crippen LogP contribution is 2.27. The molecule has 0 unspecified atom stereocenters. The first kappa shape index (κ1) is 9.78. The molecule has 2 aromatic carbocycles. The highest BCUT2D eigenvalue weighted by Gasteiger charge is 2.03. The van der Waals surface area contributed by atoms with Crippen LogP contribution in [0.3, 0.4) is 0 Å². The van der Waals surface area contributed by atoms with Crippen LogP contribution in [0.2, 0.25) is 0 Å². The van der Waals surface area contributed by atoms with Gasteiger partial charge in [-0.3, -0.25) is 0 Å². The molecule has 0 radical (unpaired) electrons. The van der Waals surface area contributed by atoms with E-state index in [1.807, 2.05) is 24.3 Å². The van der Waals surface area contributed by atoms with E-state index in [-0.39, 0.29) is 11.5 Å². The minimum atomic E-state index is 0.247. The van der Waals surface area contributed by atoms with Crippen LogP contribution in [0.4, 0.5) is 0 Å². The SMILES string of the molecule is Oc1ccc(-c2cc3ccc(O)cc3[nH]2)cc1. The fourth-order valence-electron chi connectivity index (χ4n) is 1.91. The molecule has 0 aliphatic carbocycles. The molecule has 0 saturated carbocycles. The quantitative estimate of drug-likeness (QED) is 0.595. The van der Waals surface area contributed by atoms with Crippen LogP contribution in [0.15, 0.2) is 48.5 Å². The van der Waals surface area contributed by atoms with Crippen molar-refractivity contribution in [3.8, 4) is 22.8 Å². The number of aromatic hydroxyl groups is 2. The van der Waals surface area contributed by atoms with Gasteiger partial charge in [0.25, 0.3) is 0 Å². The zero-order valence-electron chi connectivity index (χ0n) is 9.01. The number of phenolic OH excluding ortho intramolecular Hbond substituents is 2. The molecule has 0 fully saturated rings. The fourth-order valence-corrected chi connectivity index (χ4v) is 1.91. The Hall–Kier alpha value is -2.42. The van der Waals surface area contributed by atoms with E-state index in [0.29, 0.717) is 0 Å². The van der Waals surface area contributed by atoms with Crippen LogP contribution in [0, 0.1) is 0 Å². The van der Waals surface area contributed by atoms with Crippen molar-refractivity contribution in [3.63, 3.8) is 0 Å². The zero-order chi connectivity index (χ0) is 11.8. The second-order valence-corrected chi connectivity index (χ2v) is 4.00. The molecule has 3 rings (SSSR count). The third-order valence-corrected chi connectivity index (χ3v) is 2.78. The number of H-pyrrole nitrogens is 1. The number of aromatic amines is 1. The second kappa shape index (κ2) is 3.56. The second-order valence-electron chi connectivity index (χ2n) is 4.00. The van der Waals surface area contributed by atoms with Gasteiger partial charge in [0.05, 0.1) is 0 Å². The number of benzene rings is 2. The van der Waals surface area contributed by atoms with Gasteiger partial charge in [-0.2, -0.15) is 0 Å². The Morgan fingerprint density at radius 1 is 0.765 bits per heavy atom. The topological polar surface area (TPSA) is 56.2 Å². The summed E-state index contributed by atoms with van der Waals surface area (Å²) in [5.41, 5.74) is 2.86. The maximum atomic E-state index is 9.39. The number of nitrogens with one attached hydrogen (secondary N) is 1. The van der Waals surface area contributed by atoms with Crippen LogP contribution in [0.5, 0.6) is 11.5 Å². The molecule has 0 amide bonds. The van der Waals surface area contributed by atoms with Crippen molar-refractivity contribution in [2.45, 2.75) is 0 Å². The summed E-state index contributed by atoms with van der Waals surface area (Å²) in [6.07, 6.45) is 0. The number of rotatable bonds is 1. The van der Waals surface area contributed by atoms with Crippen molar-refractivity contribution in [1.29, 1.82) is 0 Å². The van der Waals surface area contributed by atoms with Crippen molar-refractivity contribution in [3.05, 3.63) is 48.5 Å². The molecule has 3 heteroatoms. The van der Waals surface area contributed by atoms with Gasteiger partial charge in [-0.25, -0.2) is 0 Å². The van der Waals surface area contributed by atoms with E-state index in [0.717, 1.165) is 22.2 Å². The average molecular weight is 225 g/mol. The molecule has 84 valence electrons. The lowest BCUT2D eigenvalue weighted by molar-refractivity contribution is 0.475. The Morgan fingerprint density at radius 3 is 2.24 bits per heavy atom. The maximum Gasteiger partial charge on any atom is 0.117 e. The Labute approximate surface area is 98.0 Å². The van der Waals surface area contributed by atoms with E-state index in [4.69, 9.17) is 0 Å². The van der Waals surface area contributed by atoms with Crippen molar-refractivity contribution < 1.29 is 10.2 Å². The molecule has 1 heterocycles. The molecule has 3 aromatic rings. The van der Waals surface area contributed by atoms with Crippen LogP contribution >= 0.6 is 0 Å². The standard InChI is InChI=1S/C14H11NO2/c16-11-4-1-9(2-5-11)13-7-10-3-6-12(17)8-14(10)15-13/h1-8,15-17H. The molecular formula is C14H11NO2. The Kier molecular flexibility index (Phi) is 2.05. The van der Waals surface area contributed by atoms with E-state index in [9.17, 15) is 10.2 Å². The van der Waals surface area contributed by atoms with Gasteiger partial charge in [0, 0.05) is 22.7 Å². The predicted octanol–water partition coefficient (Wildman–Crippen LogP) is 3.25. The minimum Gasteiger partial charge on any atom is -0.508 e. The molecule has 0 saturated heterocycles. The summed E-state index contributed by atoms with van der Waals surface area (Å²) in [5.74, 6) is 0.499. The van der Waals surface area contributed by atoms with E-state index >= 15 is 0 Å². The number of fused-ring (bicyclic) bond motifs is 1. The van der Waals surface area contributed by atoms with Crippen LogP contribution in [0.25, 0.3) is 22.2 Å². The first-order valence-corrected chi connectivity index (χ1v) is 5.33. The molecule has 17 heavy (non-hydrogen) atoms. The summed E-state index contributed by atoms with van der Waals surface area (Å²) in [6.45, 7) is 0. The first-order chi connectivity index (χ1) is 8.22. The molecule has 0 aliphatic rings. The summed E-state index contributed by atoms with van der Waals surface area (Å²) in [7, 11) is 0. The molecule has 3 N–H and O–H groups in total. The Morgan fingerprint density at radius 2 is 1.47 bits per heavy atom. The van der Waals surface area contributed by atoms with Crippen LogP contribution in [-0.2, 0) is 0 Å². The van der Waals surface area contributed by atoms with Gasteiger partial charge in [-0.1, -0.05) is 0 Å².